The van der Waals surface area contributed by atoms with Gasteiger partial charge in [0.25, 0.3) is 5.92 Å². The Balaban J connectivity index is 2.73. The summed E-state index contributed by atoms with van der Waals surface area (Å²) in [6.07, 6.45) is 0. The fraction of sp³-hybridized carbons (Fsp3) is 0.667. The van der Waals surface area contributed by atoms with E-state index < -0.39 is 29.7 Å². The molecular weight excluding hydrogens is 174 g/mol. The van der Waals surface area contributed by atoms with Crippen molar-refractivity contribution in [3.05, 3.63) is 0 Å². The molecule has 0 bridgehead atoms. The van der Waals surface area contributed by atoms with Crippen molar-refractivity contribution in [2.24, 2.45) is 11.8 Å². The molecule has 0 heterocycles. The molecular formula is C6H6F2O4. The first-order valence-corrected chi connectivity index (χ1v) is 3.11. The van der Waals surface area contributed by atoms with E-state index in [1.165, 1.54) is 0 Å². The number of rotatable bonds is 2. The highest BCUT2D eigenvalue weighted by Crippen LogP contribution is 2.55. The van der Waals surface area contributed by atoms with Gasteiger partial charge in [0.05, 0.1) is 7.11 Å². The number of carboxylic acid groups (broad SMARTS) is 1. The second kappa shape index (κ2) is 2.40. The van der Waals surface area contributed by atoms with Gasteiger partial charge in [-0.1, -0.05) is 0 Å². The van der Waals surface area contributed by atoms with E-state index in [4.69, 9.17) is 5.11 Å². The molecule has 2 unspecified atom stereocenters. The highest BCUT2D eigenvalue weighted by atomic mass is 19.3. The standard InChI is InChI=1S/C6H6F2O4/c1-12-5(11)3-2(4(9)10)6(3,7)8/h2-3H,1H3,(H,9,10). The van der Waals surface area contributed by atoms with Gasteiger partial charge in [-0.3, -0.25) is 9.59 Å². The second-order valence-electron chi connectivity index (χ2n) is 2.49. The molecule has 0 amide bonds. The lowest BCUT2D eigenvalue weighted by Gasteiger charge is -1.93. The summed E-state index contributed by atoms with van der Waals surface area (Å²) in [5.74, 6) is -10.0. The van der Waals surface area contributed by atoms with Gasteiger partial charge in [-0.2, -0.15) is 0 Å². The van der Waals surface area contributed by atoms with Crippen LogP contribution in [0.2, 0.25) is 0 Å². The fourth-order valence-corrected chi connectivity index (χ4v) is 1.05. The van der Waals surface area contributed by atoms with E-state index in [2.05, 4.69) is 4.74 Å². The number of ether oxygens (including phenoxy) is 1. The number of alkyl halides is 2. The first-order valence-electron chi connectivity index (χ1n) is 3.11. The van der Waals surface area contributed by atoms with Gasteiger partial charge in [-0.05, 0) is 0 Å². The third-order valence-electron chi connectivity index (χ3n) is 1.77. The lowest BCUT2D eigenvalue weighted by molar-refractivity contribution is -0.146. The molecule has 6 heteroatoms. The van der Waals surface area contributed by atoms with Crippen LogP contribution >= 0.6 is 0 Å². The van der Waals surface area contributed by atoms with Crippen molar-refractivity contribution in [3.8, 4) is 0 Å². The number of hydrogen-bond donors (Lipinski definition) is 1. The maximum atomic E-state index is 12.5. The average molecular weight is 180 g/mol. The van der Waals surface area contributed by atoms with E-state index >= 15 is 0 Å². The van der Waals surface area contributed by atoms with E-state index in [-0.39, 0.29) is 0 Å². The summed E-state index contributed by atoms with van der Waals surface area (Å²) in [6, 6.07) is 0. The molecule has 1 saturated carbocycles. The Hall–Kier alpha value is -1.20. The van der Waals surface area contributed by atoms with E-state index in [9.17, 15) is 18.4 Å². The first-order chi connectivity index (χ1) is 5.42. The molecule has 0 radical (unpaired) electrons. The van der Waals surface area contributed by atoms with Crippen LogP contribution in [0.3, 0.4) is 0 Å². The van der Waals surface area contributed by atoms with Crippen molar-refractivity contribution in [2.45, 2.75) is 5.92 Å². The van der Waals surface area contributed by atoms with Gasteiger partial charge in [-0.25, -0.2) is 8.78 Å². The summed E-state index contributed by atoms with van der Waals surface area (Å²) < 4.78 is 28.9. The van der Waals surface area contributed by atoms with Crippen LogP contribution in [-0.2, 0) is 14.3 Å². The van der Waals surface area contributed by atoms with E-state index in [0.29, 0.717) is 0 Å². The zero-order chi connectivity index (χ0) is 9.52. The number of methoxy groups -OCH3 is 1. The van der Waals surface area contributed by atoms with E-state index in [0.717, 1.165) is 7.11 Å². The quantitative estimate of drug-likeness (QED) is 0.613. The van der Waals surface area contributed by atoms with Crippen molar-refractivity contribution < 1.29 is 28.2 Å². The monoisotopic (exact) mass is 180 g/mol. The van der Waals surface area contributed by atoms with Crippen LogP contribution in [0.1, 0.15) is 0 Å². The van der Waals surface area contributed by atoms with Gasteiger partial charge in [-0.15, -0.1) is 0 Å². The van der Waals surface area contributed by atoms with Gasteiger partial charge in [0.2, 0.25) is 0 Å². The second-order valence-corrected chi connectivity index (χ2v) is 2.49. The van der Waals surface area contributed by atoms with Gasteiger partial charge in [0, 0.05) is 0 Å². The van der Waals surface area contributed by atoms with E-state index in [1.54, 1.807) is 0 Å². The number of carbonyl (C=O) groups excluding carboxylic acids is 1. The molecule has 0 spiro atoms. The maximum Gasteiger partial charge on any atom is 0.315 e. The van der Waals surface area contributed by atoms with Gasteiger partial charge in [0.1, 0.15) is 11.8 Å². The molecule has 1 rings (SSSR count). The highest BCUT2D eigenvalue weighted by Gasteiger charge is 2.76. The number of esters is 1. The van der Waals surface area contributed by atoms with Crippen LogP contribution in [0, 0.1) is 11.8 Å². The first kappa shape index (κ1) is 8.89. The minimum absolute atomic E-state index is 0.940. The molecule has 0 aromatic rings. The van der Waals surface area contributed by atoms with Crippen LogP contribution < -0.4 is 0 Å². The summed E-state index contributed by atoms with van der Waals surface area (Å²) in [6.45, 7) is 0. The van der Waals surface area contributed by atoms with Crippen molar-refractivity contribution >= 4 is 11.9 Å². The Labute approximate surface area is 66.1 Å². The summed E-state index contributed by atoms with van der Waals surface area (Å²) in [5, 5.41) is 8.22. The summed E-state index contributed by atoms with van der Waals surface area (Å²) >= 11 is 0. The minimum atomic E-state index is -3.45. The van der Waals surface area contributed by atoms with Crippen molar-refractivity contribution in [3.63, 3.8) is 0 Å². The number of aliphatic carboxylic acids is 1. The normalized spacial score (nSPS) is 30.9. The molecule has 12 heavy (non-hydrogen) atoms. The number of hydrogen-bond acceptors (Lipinski definition) is 3. The van der Waals surface area contributed by atoms with E-state index in [1.807, 2.05) is 0 Å². The smallest absolute Gasteiger partial charge is 0.315 e. The van der Waals surface area contributed by atoms with Crippen molar-refractivity contribution in [1.82, 2.24) is 0 Å². The number of carboxylic acids is 1. The third kappa shape index (κ3) is 1.03. The molecule has 1 N–H and O–H groups in total. The van der Waals surface area contributed by atoms with Crippen molar-refractivity contribution in [1.29, 1.82) is 0 Å². The number of carbonyl (C=O) groups is 2. The van der Waals surface area contributed by atoms with Crippen LogP contribution in [0.4, 0.5) is 8.78 Å². The third-order valence-corrected chi connectivity index (χ3v) is 1.77. The molecule has 0 aliphatic heterocycles. The Morgan fingerprint density at radius 2 is 1.92 bits per heavy atom. The summed E-state index contributed by atoms with van der Waals surface area (Å²) in [4.78, 5) is 20.7. The summed E-state index contributed by atoms with van der Waals surface area (Å²) in [7, 11) is 0.940. The SMILES string of the molecule is COC(=O)C1C(C(=O)O)C1(F)F. The highest BCUT2D eigenvalue weighted by molar-refractivity contribution is 5.89. The van der Waals surface area contributed by atoms with Gasteiger partial charge in [0.15, 0.2) is 0 Å². The van der Waals surface area contributed by atoms with Crippen LogP contribution in [-0.4, -0.2) is 30.1 Å². The molecule has 1 fully saturated rings. The fourth-order valence-electron chi connectivity index (χ4n) is 1.05. The molecule has 2 atom stereocenters. The number of halogens is 2. The zero-order valence-electron chi connectivity index (χ0n) is 6.08. The average Bonchev–Trinajstić information content (AvgIpc) is 2.52. The Morgan fingerprint density at radius 1 is 1.42 bits per heavy atom. The molecule has 1 aliphatic rings. The largest absolute Gasteiger partial charge is 0.481 e. The maximum absolute atomic E-state index is 12.5. The van der Waals surface area contributed by atoms with Crippen LogP contribution in [0.25, 0.3) is 0 Å². The predicted molar refractivity (Wildman–Crippen MR) is 31.6 cm³/mol. The van der Waals surface area contributed by atoms with Gasteiger partial charge >= 0.3 is 11.9 Å². The zero-order valence-corrected chi connectivity index (χ0v) is 6.08. The lowest BCUT2D eigenvalue weighted by atomic mass is 10.3. The topological polar surface area (TPSA) is 63.6 Å². The molecule has 68 valence electrons. The minimum Gasteiger partial charge on any atom is -0.481 e. The molecule has 1 aliphatic carbocycles. The Bertz CT molecular complexity index is 238. The molecule has 4 nitrogen and oxygen atoms in total. The van der Waals surface area contributed by atoms with Gasteiger partial charge < -0.3 is 9.84 Å². The predicted octanol–water partition coefficient (Wildman–Crippen LogP) is 0.125. The summed E-state index contributed by atoms with van der Waals surface area (Å²) in [5.41, 5.74) is 0. The molecule has 0 aromatic heterocycles. The van der Waals surface area contributed by atoms with Crippen LogP contribution in [0.15, 0.2) is 0 Å². The lowest BCUT2D eigenvalue weighted by Crippen LogP contribution is -2.09. The molecule has 0 saturated heterocycles. The Morgan fingerprint density at radius 3 is 2.17 bits per heavy atom. The van der Waals surface area contributed by atoms with Crippen LogP contribution in [0.5, 0.6) is 0 Å². The Kier molecular flexibility index (Phi) is 1.78. The molecule has 0 aromatic carbocycles. The van der Waals surface area contributed by atoms with Crippen molar-refractivity contribution in [2.75, 3.05) is 7.11 Å².